The molecule has 1 fully saturated rings. The van der Waals surface area contributed by atoms with Crippen molar-refractivity contribution in [3.05, 3.63) is 66.5 Å². The van der Waals surface area contributed by atoms with E-state index in [0.717, 1.165) is 58.1 Å². The van der Waals surface area contributed by atoms with Crippen LogP contribution in [0, 0.1) is 23.1 Å². The second kappa shape index (κ2) is 9.09. The van der Waals surface area contributed by atoms with Gasteiger partial charge < -0.3 is 9.88 Å². The van der Waals surface area contributed by atoms with Crippen molar-refractivity contribution in [3.63, 3.8) is 0 Å². The maximum atomic E-state index is 14.8. The molecule has 2 atom stereocenters. The second-order valence-corrected chi connectivity index (χ2v) is 10.3. The Labute approximate surface area is 214 Å². The molecule has 3 aromatic heterocycles. The smallest absolute Gasteiger partial charge is 0.141 e. The van der Waals surface area contributed by atoms with Crippen LogP contribution in [0.15, 0.2) is 55.1 Å². The van der Waals surface area contributed by atoms with Gasteiger partial charge >= 0.3 is 0 Å². The van der Waals surface area contributed by atoms with Crippen molar-refractivity contribution in [2.75, 3.05) is 0 Å². The van der Waals surface area contributed by atoms with Crippen LogP contribution in [-0.4, -0.2) is 36.4 Å². The maximum absolute atomic E-state index is 14.8. The molecule has 2 unspecified atom stereocenters. The highest BCUT2D eigenvalue weighted by Crippen LogP contribution is 2.38. The molecule has 0 amide bonds. The van der Waals surface area contributed by atoms with Gasteiger partial charge in [-0.3, -0.25) is 9.67 Å². The summed E-state index contributed by atoms with van der Waals surface area (Å²) in [6.45, 7) is 5.33. The molecule has 0 spiro atoms. The number of pyridine rings is 1. The van der Waals surface area contributed by atoms with Crippen molar-refractivity contribution in [1.82, 2.24) is 29.6 Å². The van der Waals surface area contributed by atoms with Gasteiger partial charge in [-0.2, -0.15) is 10.4 Å². The zero-order chi connectivity index (χ0) is 25.7. The number of fused-ring (bicyclic) bond motifs is 2. The first-order chi connectivity index (χ1) is 17.9. The van der Waals surface area contributed by atoms with Crippen LogP contribution in [0.1, 0.15) is 32.3 Å². The summed E-state index contributed by atoms with van der Waals surface area (Å²) in [4.78, 5) is 9.73. The number of nitriles is 1. The van der Waals surface area contributed by atoms with E-state index in [1.54, 1.807) is 6.07 Å². The number of aryl methyl sites for hydroxylation is 1. The van der Waals surface area contributed by atoms with E-state index in [-0.39, 0.29) is 5.56 Å². The topological polar surface area (TPSA) is 84.3 Å². The number of imidazole rings is 1. The highest BCUT2D eigenvalue weighted by molar-refractivity contribution is 6.00. The minimum absolute atomic E-state index is 0.0156. The van der Waals surface area contributed by atoms with Gasteiger partial charge in [0.05, 0.1) is 41.0 Å². The molecule has 8 heteroatoms. The summed E-state index contributed by atoms with van der Waals surface area (Å²) in [5, 5.41) is 18.2. The van der Waals surface area contributed by atoms with E-state index in [1.807, 2.05) is 48.7 Å². The van der Waals surface area contributed by atoms with Gasteiger partial charge in [0.25, 0.3) is 0 Å². The first kappa shape index (κ1) is 23.3. The summed E-state index contributed by atoms with van der Waals surface area (Å²) in [6, 6.07) is 13.7. The van der Waals surface area contributed by atoms with E-state index in [4.69, 9.17) is 9.97 Å². The second-order valence-electron chi connectivity index (χ2n) is 10.3. The molecule has 186 valence electrons. The largest absolute Gasteiger partial charge is 0.329 e. The van der Waals surface area contributed by atoms with Crippen molar-refractivity contribution < 1.29 is 4.39 Å². The van der Waals surface area contributed by atoms with Crippen LogP contribution in [0.4, 0.5) is 4.39 Å². The van der Waals surface area contributed by atoms with Gasteiger partial charge in [0.1, 0.15) is 17.4 Å². The highest BCUT2D eigenvalue weighted by atomic mass is 19.1. The summed E-state index contributed by atoms with van der Waals surface area (Å²) in [5.74, 6) is -0.0186. The maximum Gasteiger partial charge on any atom is 0.141 e. The highest BCUT2D eigenvalue weighted by Gasteiger charge is 2.25. The fraction of sp³-hybridized carbons (Fsp3) is 0.310. The molecule has 1 N–H and O–H groups in total. The van der Waals surface area contributed by atoms with Gasteiger partial charge in [0, 0.05) is 42.2 Å². The number of aromatic nitrogens is 5. The van der Waals surface area contributed by atoms with E-state index in [9.17, 15) is 9.65 Å². The minimum Gasteiger partial charge on any atom is -0.329 e. The van der Waals surface area contributed by atoms with Crippen LogP contribution < -0.4 is 5.32 Å². The SMILES string of the molecule is CC1CC(Cn2cnc3c(-c4ccc(C#N)c(F)c4)c(-c4ccc5c(cnn5C)c4)ncc32)CC(C)N1. The van der Waals surface area contributed by atoms with Gasteiger partial charge in [-0.1, -0.05) is 12.1 Å². The first-order valence-corrected chi connectivity index (χ1v) is 12.6. The lowest BCUT2D eigenvalue weighted by Gasteiger charge is -2.33. The average molecular weight is 494 g/mol. The molecule has 6 rings (SSSR count). The van der Waals surface area contributed by atoms with E-state index in [0.29, 0.717) is 23.6 Å². The lowest BCUT2D eigenvalue weighted by Crippen LogP contribution is -2.43. The van der Waals surface area contributed by atoms with E-state index in [1.165, 1.54) is 12.1 Å². The van der Waals surface area contributed by atoms with Gasteiger partial charge in [-0.05, 0) is 62.4 Å². The quantitative estimate of drug-likeness (QED) is 0.360. The average Bonchev–Trinajstić information content (AvgIpc) is 3.45. The van der Waals surface area contributed by atoms with Gasteiger partial charge in [0.15, 0.2) is 0 Å². The summed E-state index contributed by atoms with van der Waals surface area (Å²) >= 11 is 0. The molecule has 0 radical (unpaired) electrons. The number of piperidine rings is 1. The number of nitrogens with one attached hydrogen (secondary N) is 1. The van der Waals surface area contributed by atoms with Crippen LogP contribution in [-0.2, 0) is 13.6 Å². The third-order valence-corrected chi connectivity index (χ3v) is 7.46. The molecule has 1 aliphatic rings. The predicted octanol–water partition coefficient (Wildman–Crippen LogP) is 5.44. The molecule has 0 saturated carbocycles. The summed E-state index contributed by atoms with van der Waals surface area (Å²) < 4.78 is 18.8. The third-order valence-electron chi connectivity index (χ3n) is 7.46. The van der Waals surface area contributed by atoms with Crippen molar-refractivity contribution in [1.29, 1.82) is 5.26 Å². The van der Waals surface area contributed by atoms with Gasteiger partial charge in [0.2, 0.25) is 0 Å². The van der Waals surface area contributed by atoms with Crippen molar-refractivity contribution in [2.24, 2.45) is 13.0 Å². The van der Waals surface area contributed by atoms with E-state index in [2.05, 4.69) is 34.9 Å². The molecule has 37 heavy (non-hydrogen) atoms. The van der Waals surface area contributed by atoms with Crippen molar-refractivity contribution in [3.8, 4) is 28.5 Å². The van der Waals surface area contributed by atoms with Crippen LogP contribution in [0.3, 0.4) is 0 Å². The van der Waals surface area contributed by atoms with E-state index >= 15 is 0 Å². The monoisotopic (exact) mass is 493 g/mol. The number of hydrogen-bond donors (Lipinski definition) is 1. The number of rotatable bonds is 4. The van der Waals surface area contributed by atoms with Crippen LogP contribution >= 0.6 is 0 Å². The molecule has 0 aliphatic carbocycles. The Hall–Kier alpha value is -4.09. The zero-order valence-electron chi connectivity index (χ0n) is 21.1. The fourth-order valence-corrected chi connectivity index (χ4v) is 5.88. The lowest BCUT2D eigenvalue weighted by molar-refractivity contribution is 0.242. The molecule has 0 bridgehead atoms. The number of halogens is 1. The molecule has 7 nitrogen and oxygen atoms in total. The van der Waals surface area contributed by atoms with Gasteiger partial charge in [-0.15, -0.1) is 0 Å². The van der Waals surface area contributed by atoms with Crippen molar-refractivity contribution >= 4 is 21.9 Å². The Kier molecular flexibility index (Phi) is 5.73. The van der Waals surface area contributed by atoms with Crippen LogP contribution in [0.2, 0.25) is 0 Å². The number of nitrogens with zero attached hydrogens (tertiary/aromatic N) is 6. The summed E-state index contributed by atoms with van der Waals surface area (Å²) in [5.41, 5.74) is 5.75. The first-order valence-electron chi connectivity index (χ1n) is 12.6. The molecule has 2 aromatic carbocycles. The molecule has 4 heterocycles. The van der Waals surface area contributed by atoms with Gasteiger partial charge in [-0.25, -0.2) is 9.37 Å². The minimum atomic E-state index is -0.553. The third kappa shape index (κ3) is 4.15. The normalized spacial score (nSPS) is 19.9. The number of hydrogen-bond acceptors (Lipinski definition) is 5. The molecular formula is C29H28FN7. The van der Waals surface area contributed by atoms with E-state index < -0.39 is 5.82 Å². The Balaban J connectivity index is 1.51. The molecule has 1 saturated heterocycles. The number of benzene rings is 2. The lowest BCUT2D eigenvalue weighted by atomic mass is 9.89. The summed E-state index contributed by atoms with van der Waals surface area (Å²) in [7, 11) is 1.91. The standard InChI is InChI=1S/C29H28FN7/c1-17-8-19(9-18(2)35-17)15-37-16-33-29-26(37)14-32-28(21-6-7-25-23(10-21)13-34-36(25)3)27(29)20-4-5-22(12-31)24(30)11-20/h4-7,10-11,13-14,16-19,35H,8-9,15H2,1-3H3. The van der Waals surface area contributed by atoms with Crippen LogP contribution in [0.25, 0.3) is 44.3 Å². The Bertz CT molecular complexity index is 1670. The Morgan fingerprint density at radius 3 is 2.57 bits per heavy atom. The molecule has 5 aromatic rings. The fourth-order valence-electron chi connectivity index (χ4n) is 5.88. The molecular weight excluding hydrogens is 465 g/mol. The Morgan fingerprint density at radius 2 is 1.81 bits per heavy atom. The van der Waals surface area contributed by atoms with Crippen molar-refractivity contribution in [2.45, 2.75) is 45.3 Å². The predicted molar refractivity (Wildman–Crippen MR) is 142 cm³/mol. The van der Waals surface area contributed by atoms with Crippen LogP contribution in [0.5, 0.6) is 0 Å². The summed E-state index contributed by atoms with van der Waals surface area (Å²) in [6.07, 6.45) is 7.79. The zero-order valence-corrected chi connectivity index (χ0v) is 21.1. The molecule has 1 aliphatic heterocycles. The Morgan fingerprint density at radius 1 is 1.03 bits per heavy atom.